The van der Waals surface area contributed by atoms with Crippen molar-refractivity contribution in [3.05, 3.63) is 0 Å². The third-order valence-corrected chi connectivity index (χ3v) is 2.71. The van der Waals surface area contributed by atoms with E-state index < -0.39 is 0 Å². The zero-order valence-corrected chi connectivity index (χ0v) is 8.97. The van der Waals surface area contributed by atoms with Crippen molar-refractivity contribution in [1.29, 1.82) is 0 Å². The second-order valence-corrected chi connectivity index (χ2v) is 4.80. The van der Waals surface area contributed by atoms with Gasteiger partial charge in [0.05, 0.1) is 13.2 Å². The van der Waals surface area contributed by atoms with Crippen molar-refractivity contribution in [3.63, 3.8) is 0 Å². The van der Waals surface area contributed by atoms with Crippen molar-refractivity contribution in [2.75, 3.05) is 26.3 Å². The molecule has 1 aliphatic heterocycles. The molecule has 0 amide bonds. The van der Waals surface area contributed by atoms with E-state index >= 15 is 0 Å². The molecule has 0 aromatic carbocycles. The zero-order valence-electron chi connectivity index (χ0n) is 8.97. The van der Waals surface area contributed by atoms with E-state index in [2.05, 4.69) is 26.1 Å². The van der Waals surface area contributed by atoms with E-state index in [1.165, 1.54) is 0 Å². The SMILES string of the molecule is CC(C)CNCC1(C)COCC1N. The van der Waals surface area contributed by atoms with Crippen molar-refractivity contribution in [2.45, 2.75) is 26.8 Å². The molecule has 1 rings (SSSR count). The van der Waals surface area contributed by atoms with E-state index in [9.17, 15) is 0 Å². The minimum absolute atomic E-state index is 0.134. The van der Waals surface area contributed by atoms with Gasteiger partial charge in [0.2, 0.25) is 0 Å². The van der Waals surface area contributed by atoms with Gasteiger partial charge in [-0.3, -0.25) is 0 Å². The molecular formula is C10H22N2O. The Morgan fingerprint density at radius 2 is 2.31 bits per heavy atom. The largest absolute Gasteiger partial charge is 0.379 e. The molecule has 2 atom stereocenters. The maximum Gasteiger partial charge on any atom is 0.0624 e. The molecule has 13 heavy (non-hydrogen) atoms. The maximum atomic E-state index is 5.97. The Labute approximate surface area is 81.0 Å². The normalized spacial score (nSPS) is 34.4. The summed E-state index contributed by atoms with van der Waals surface area (Å²) in [5.41, 5.74) is 6.10. The first-order valence-electron chi connectivity index (χ1n) is 5.08. The molecule has 0 spiro atoms. The molecule has 0 bridgehead atoms. The van der Waals surface area contributed by atoms with Crippen LogP contribution >= 0.6 is 0 Å². The lowest BCUT2D eigenvalue weighted by molar-refractivity contribution is 0.157. The van der Waals surface area contributed by atoms with E-state index in [4.69, 9.17) is 10.5 Å². The van der Waals surface area contributed by atoms with Gasteiger partial charge in [0.15, 0.2) is 0 Å². The molecule has 0 saturated carbocycles. The predicted octanol–water partition coefficient (Wildman–Crippen LogP) is 0.596. The quantitative estimate of drug-likeness (QED) is 0.676. The Balaban J connectivity index is 2.26. The lowest BCUT2D eigenvalue weighted by Gasteiger charge is -2.27. The highest BCUT2D eigenvalue weighted by molar-refractivity contribution is 4.91. The van der Waals surface area contributed by atoms with Gasteiger partial charge in [-0.2, -0.15) is 0 Å². The Hall–Kier alpha value is -0.120. The molecule has 3 heteroatoms. The van der Waals surface area contributed by atoms with Gasteiger partial charge in [0.25, 0.3) is 0 Å². The fourth-order valence-corrected chi connectivity index (χ4v) is 1.56. The molecular weight excluding hydrogens is 164 g/mol. The van der Waals surface area contributed by atoms with E-state index in [0.29, 0.717) is 12.5 Å². The van der Waals surface area contributed by atoms with Crippen molar-refractivity contribution in [1.82, 2.24) is 5.32 Å². The van der Waals surface area contributed by atoms with Crippen LogP contribution in [0.25, 0.3) is 0 Å². The van der Waals surface area contributed by atoms with Gasteiger partial charge in [-0.15, -0.1) is 0 Å². The predicted molar refractivity (Wildman–Crippen MR) is 54.6 cm³/mol. The molecule has 1 saturated heterocycles. The Kier molecular flexibility index (Phi) is 3.71. The van der Waals surface area contributed by atoms with Crippen LogP contribution in [0, 0.1) is 11.3 Å². The maximum absolute atomic E-state index is 5.97. The van der Waals surface area contributed by atoms with Crippen molar-refractivity contribution in [3.8, 4) is 0 Å². The summed E-state index contributed by atoms with van der Waals surface area (Å²) < 4.78 is 5.36. The highest BCUT2D eigenvalue weighted by atomic mass is 16.5. The zero-order chi connectivity index (χ0) is 9.90. The van der Waals surface area contributed by atoms with Gasteiger partial charge in [-0.05, 0) is 12.5 Å². The van der Waals surface area contributed by atoms with Crippen molar-refractivity contribution in [2.24, 2.45) is 17.1 Å². The second-order valence-electron chi connectivity index (χ2n) is 4.80. The van der Waals surface area contributed by atoms with Gasteiger partial charge >= 0.3 is 0 Å². The third kappa shape index (κ3) is 2.93. The Morgan fingerprint density at radius 1 is 1.62 bits per heavy atom. The number of ether oxygens (including phenoxy) is 1. The lowest BCUT2D eigenvalue weighted by atomic mass is 9.86. The molecule has 2 unspecified atom stereocenters. The number of nitrogens with one attached hydrogen (secondary N) is 1. The van der Waals surface area contributed by atoms with E-state index in [0.717, 1.165) is 19.7 Å². The Morgan fingerprint density at radius 3 is 2.77 bits per heavy atom. The molecule has 3 N–H and O–H groups in total. The third-order valence-electron chi connectivity index (χ3n) is 2.71. The van der Waals surface area contributed by atoms with Crippen LogP contribution in [-0.2, 0) is 4.74 Å². The summed E-state index contributed by atoms with van der Waals surface area (Å²) in [5, 5.41) is 3.44. The fourth-order valence-electron chi connectivity index (χ4n) is 1.56. The van der Waals surface area contributed by atoms with Gasteiger partial charge in [-0.1, -0.05) is 20.8 Å². The number of nitrogens with two attached hydrogens (primary N) is 1. The monoisotopic (exact) mass is 186 g/mol. The highest BCUT2D eigenvalue weighted by Gasteiger charge is 2.36. The topological polar surface area (TPSA) is 47.3 Å². The summed E-state index contributed by atoms with van der Waals surface area (Å²) in [6, 6.07) is 0.187. The molecule has 0 aromatic rings. The first-order chi connectivity index (χ1) is 6.04. The molecule has 78 valence electrons. The van der Waals surface area contributed by atoms with Gasteiger partial charge in [0, 0.05) is 18.0 Å². The summed E-state index contributed by atoms with van der Waals surface area (Å²) >= 11 is 0. The number of hydrogen-bond acceptors (Lipinski definition) is 3. The Bertz CT molecular complexity index is 161. The van der Waals surface area contributed by atoms with Crippen molar-refractivity contribution >= 4 is 0 Å². The van der Waals surface area contributed by atoms with E-state index in [1.54, 1.807) is 0 Å². The van der Waals surface area contributed by atoms with Gasteiger partial charge in [-0.25, -0.2) is 0 Å². The highest BCUT2D eigenvalue weighted by Crippen LogP contribution is 2.25. The molecule has 0 aromatic heterocycles. The van der Waals surface area contributed by atoms with E-state index in [1.807, 2.05) is 0 Å². The molecule has 0 aliphatic carbocycles. The van der Waals surface area contributed by atoms with Crippen LogP contribution in [-0.4, -0.2) is 32.3 Å². The van der Waals surface area contributed by atoms with E-state index in [-0.39, 0.29) is 11.5 Å². The van der Waals surface area contributed by atoms with Crippen LogP contribution in [0.5, 0.6) is 0 Å². The van der Waals surface area contributed by atoms with Crippen molar-refractivity contribution < 1.29 is 4.74 Å². The summed E-state index contributed by atoms with van der Waals surface area (Å²) in [5.74, 6) is 0.696. The smallest absolute Gasteiger partial charge is 0.0624 e. The van der Waals surface area contributed by atoms with Crippen LogP contribution in [0.3, 0.4) is 0 Å². The number of rotatable bonds is 4. The van der Waals surface area contributed by atoms with Crippen LogP contribution in [0.4, 0.5) is 0 Å². The average Bonchev–Trinajstić information content (AvgIpc) is 2.32. The fraction of sp³-hybridized carbons (Fsp3) is 1.00. The first-order valence-corrected chi connectivity index (χ1v) is 5.08. The van der Waals surface area contributed by atoms with Crippen LogP contribution in [0.15, 0.2) is 0 Å². The molecule has 0 radical (unpaired) electrons. The van der Waals surface area contributed by atoms with Gasteiger partial charge < -0.3 is 15.8 Å². The number of hydrogen-bond donors (Lipinski definition) is 2. The minimum atomic E-state index is 0.134. The molecule has 1 heterocycles. The summed E-state index contributed by atoms with van der Waals surface area (Å²) in [7, 11) is 0. The molecule has 1 fully saturated rings. The minimum Gasteiger partial charge on any atom is -0.379 e. The lowest BCUT2D eigenvalue weighted by Crippen LogP contribution is -2.45. The van der Waals surface area contributed by atoms with Gasteiger partial charge in [0.1, 0.15) is 0 Å². The molecule has 3 nitrogen and oxygen atoms in total. The summed E-state index contributed by atoms with van der Waals surface area (Å²) in [4.78, 5) is 0. The second kappa shape index (κ2) is 4.40. The average molecular weight is 186 g/mol. The summed E-state index contributed by atoms with van der Waals surface area (Å²) in [6.45, 7) is 10.1. The van der Waals surface area contributed by atoms with Crippen LogP contribution in [0.1, 0.15) is 20.8 Å². The molecule has 1 aliphatic rings. The summed E-state index contributed by atoms with van der Waals surface area (Å²) in [6.07, 6.45) is 0. The standard InChI is InChI=1S/C10H22N2O/c1-8(2)4-12-6-10(3)7-13-5-9(10)11/h8-9,12H,4-7,11H2,1-3H3. The first kappa shape index (κ1) is 11.0. The van der Waals surface area contributed by atoms with Crippen LogP contribution in [0.2, 0.25) is 0 Å². The van der Waals surface area contributed by atoms with Crippen LogP contribution < -0.4 is 11.1 Å².